The standard InChI is InChI=1S/C13H14Cl2N2O2S2/c1-3-8-5-6-10(14)9(4-2)12(8)17-21(18,19)11-7-16-13(15)20-11/h5-7,17H,3-4H2,1-2H3. The van der Waals surface area contributed by atoms with Gasteiger partial charge in [-0.1, -0.05) is 54.5 Å². The minimum Gasteiger partial charge on any atom is -0.278 e. The molecule has 1 heterocycles. The Balaban J connectivity index is 2.50. The van der Waals surface area contributed by atoms with Crippen molar-refractivity contribution in [3.05, 3.63) is 38.9 Å². The highest BCUT2D eigenvalue weighted by Gasteiger charge is 2.21. The van der Waals surface area contributed by atoms with Crippen LogP contribution in [0.1, 0.15) is 25.0 Å². The van der Waals surface area contributed by atoms with E-state index in [9.17, 15) is 8.42 Å². The first-order valence-electron chi connectivity index (χ1n) is 6.33. The van der Waals surface area contributed by atoms with E-state index in [4.69, 9.17) is 23.2 Å². The predicted octanol–water partition coefficient (Wildman–Crippen LogP) is 4.38. The molecule has 1 aromatic carbocycles. The first-order valence-corrected chi connectivity index (χ1v) is 9.39. The molecule has 0 atom stereocenters. The SMILES string of the molecule is CCc1ccc(Cl)c(CC)c1NS(=O)(=O)c1cnc(Cl)s1. The van der Waals surface area contributed by atoms with Crippen molar-refractivity contribution in [1.29, 1.82) is 0 Å². The van der Waals surface area contributed by atoms with Crippen LogP contribution in [0.2, 0.25) is 9.49 Å². The van der Waals surface area contributed by atoms with Crippen LogP contribution in [-0.4, -0.2) is 13.4 Å². The molecule has 21 heavy (non-hydrogen) atoms. The van der Waals surface area contributed by atoms with E-state index in [-0.39, 0.29) is 8.68 Å². The van der Waals surface area contributed by atoms with E-state index in [0.717, 1.165) is 22.5 Å². The van der Waals surface area contributed by atoms with Crippen molar-refractivity contribution >= 4 is 50.2 Å². The summed E-state index contributed by atoms with van der Waals surface area (Å²) in [5.74, 6) is 0. The molecule has 114 valence electrons. The summed E-state index contributed by atoms with van der Waals surface area (Å²) in [6.45, 7) is 3.89. The molecule has 0 radical (unpaired) electrons. The fraction of sp³-hybridized carbons (Fsp3) is 0.308. The van der Waals surface area contributed by atoms with E-state index in [1.165, 1.54) is 6.20 Å². The van der Waals surface area contributed by atoms with Crippen LogP contribution in [-0.2, 0) is 22.9 Å². The molecule has 2 aromatic rings. The second-order valence-electron chi connectivity index (χ2n) is 4.30. The molecule has 0 unspecified atom stereocenters. The zero-order chi connectivity index (χ0) is 15.6. The van der Waals surface area contributed by atoms with Gasteiger partial charge in [0.05, 0.1) is 11.9 Å². The van der Waals surface area contributed by atoms with Gasteiger partial charge in [0.2, 0.25) is 0 Å². The summed E-state index contributed by atoms with van der Waals surface area (Å²) in [6, 6.07) is 3.62. The lowest BCUT2D eigenvalue weighted by molar-refractivity contribution is 0.603. The van der Waals surface area contributed by atoms with Crippen molar-refractivity contribution in [2.24, 2.45) is 0 Å². The van der Waals surface area contributed by atoms with Crippen LogP contribution in [0.4, 0.5) is 5.69 Å². The minimum absolute atomic E-state index is 0.0802. The number of rotatable bonds is 5. The van der Waals surface area contributed by atoms with Crippen LogP contribution < -0.4 is 4.72 Å². The van der Waals surface area contributed by atoms with Crippen molar-refractivity contribution in [3.63, 3.8) is 0 Å². The molecule has 0 amide bonds. The first-order chi connectivity index (χ1) is 9.89. The Labute approximate surface area is 138 Å². The Morgan fingerprint density at radius 1 is 1.24 bits per heavy atom. The average Bonchev–Trinajstić information content (AvgIpc) is 2.87. The summed E-state index contributed by atoms with van der Waals surface area (Å²) in [5.41, 5.74) is 2.24. The molecular formula is C13H14Cl2N2O2S2. The summed E-state index contributed by atoms with van der Waals surface area (Å²) in [7, 11) is -3.71. The molecule has 1 N–H and O–H groups in total. The number of sulfonamides is 1. The largest absolute Gasteiger partial charge is 0.278 e. The summed E-state index contributed by atoms with van der Waals surface area (Å²) >= 11 is 12.8. The summed E-state index contributed by atoms with van der Waals surface area (Å²) < 4.78 is 27.7. The maximum atomic E-state index is 12.4. The molecule has 2 rings (SSSR count). The quantitative estimate of drug-likeness (QED) is 0.856. The van der Waals surface area contributed by atoms with Gasteiger partial charge >= 0.3 is 0 Å². The zero-order valence-electron chi connectivity index (χ0n) is 11.5. The Hall–Kier alpha value is -0.820. The average molecular weight is 365 g/mol. The number of nitrogens with one attached hydrogen (secondary N) is 1. The fourth-order valence-corrected chi connectivity index (χ4v) is 4.71. The molecular weight excluding hydrogens is 351 g/mol. The van der Waals surface area contributed by atoms with E-state index in [1.54, 1.807) is 6.07 Å². The highest BCUT2D eigenvalue weighted by atomic mass is 35.5. The molecule has 0 spiro atoms. The van der Waals surface area contributed by atoms with Gasteiger partial charge in [0.25, 0.3) is 10.0 Å². The number of hydrogen-bond acceptors (Lipinski definition) is 4. The van der Waals surface area contributed by atoms with Gasteiger partial charge in [0, 0.05) is 5.02 Å². The minimum atomic E-state index is -3.71. The second kappa shape index (κ2) is 6.52. The summed E-state index contributed by atoms with van der Waals surface area (Å²) in [6.07, 6.45) is 2.58. The molecule has 0 bridgehead atoms. The lowest BCUT2D eigenvalue weighted by atomic mass is 10.0. The first kappa shape index (κ1) is 16.5. The number of aromatic nitrogens is 1. The lowest BCUT2D eigenvalue weighted by Crippen LogP contribution is -2.14. The fourth-order valence-electron chi connectivity index (χ4n) is 1.99. The topological polar surface area (TPSA) is 59.1 Å². The van der Waals surface area contributed by atoms with Crippen molar-refractivity contribution in [2.75, 3.05) is 4.72 Å². The predicted molar refractivity (Wildman–Crippen MR) is 88.1 cm³/mol. The monoisotopic (exact) mass is 364 g/mol. The third kappa shape index (κ3) is 3.51. The van der Waals surface area contributed by atoms with Crippen LogP contribution in [0.5, 0.6) is 0 Å². The maximum absolute atomic E-state index is 12.4. The van der Waals surface area contributed by atoms with Crippen LogP contribution in [0.15, 0.2) is 22.5 Å². The maximum Gasteiger partial charge on any atom is 0.273 e. The number of hydrogen-bond donors (Lipinski definition) is 1. The molecule has 0 saturated heterocycles. The highest BCUT2D eigenvalue weighted by molar-refractivity contribution is 7.94. The van der Waals surface area contributed by atoms with Gasteiger partial charge in [-0.3, -0.25) is 4.72 Å². The van der Waals surface area contributed by atoms with Crippen LogP contribution in [0, 0.1) is 0 Å². The van der Waals surface area contributed by atoms with Crippen LogP contribution >= 0.6 is 34.5 Å². The van der Waals surface area contributed by atoms with Gasteiger partial charge in [-0.15, -0.1) is 0 Å². The Kier molecular flexibility index (Phi) is 5.14. The van der Waals surface area contributed by atoms with Gasteiger partial charge in [0.1, 0.15) is 0 Å². The van der Waals surface area contributed by atoms with Crippen LogP contribution in [0.3, 0.4) is 0 Å². The smallest absolute Gasteiger partial charge is 0.273 e. The number of halogens is 2. The molecule has 4 nitrogen and oxygen atoms in total. The molecule has 0 saturated carbocycles. The molecule has 0 aliphatic heterocycles. The third-order valence-electron chi connectivity index (χ3n) is 3.03. The van der Waals surface area contributed by atoms with E-state index in [1.807, 2.05) is 19.9 Å². The number of thiazole rings is 1. The highest BCUT2D eigenvalue weighted by Crippen LogP contribution is 2.32. The Morgan fingerprint density at radius 3 is 2.48 bits per heavy atom. The van der Waals surface area contributed by atoms with Crippen molar-refractivity contribution < 1.29 is 8.42 Å². The van der Waals surface area contributed by atoms with E-state index >= 15 is 0 Å². The van der Waals surface area contributed by atoms with Crippen molar-refractivity contribution in [1.82, 2.24) is 4.98 Å². The van der Waals surface area contributed by atoms with Crippen molar-refractivity contribution in [3.8, 4) is 0 Å². The number of nitrogens with zero attached hydrogens (tertiary/aromatic N) is 1. The van der Waals surface area contributed by atoms with Gasteiger partial charge in [-0.2, -0.15) is 0 Å². The molecule has 0 fully saturated rings. The number of benzene rings is 1. The van der Waals surface area contributed by atoms with Gasteiger partial charge in [-0.05, 0) is 30.0 Å². The summed E-state index contributed by atoms with van der Waals surface area (Å²) in [5, 5.41) is 0.551. The molecule has 1 aromatic heterocycles. The van der Waals surface area contributed by atoms with Crippen molar-refractivity contribution in [2.45, 2.75) is 30.9 Å². The lowest BCUT2D eigenvalue weighted by Gasteiger charge is -2.16. The van der Waals surface area contributed by atoms with E-state index in [2.05, 4.69) is 9.71 Å². The van der Waals surface area contributed by atoms with Gasteiger partial charge in [0.15, 0.2) is 8.68 Å². The molecule has 0 aliphatic carbocycles. The van der Waals surface area contributed by atoms with E-state index < -0.39 is 10.0 Å². The molecule has 8 heteroatoms. The van der Waals surface area contributed by atoms with Crippen LogP contribution in [0.25, 0.3) is 0 Å². The summed E-state index contributed by atoms with van der Waals surface area (Å²) in [4.78, 5) is 3.77. The number of anilines is 1. The normalized spacial score (nSPS) is 11.6. The molecule has 0 aliphatic rings. The Morgan fingerprint density at radius 2 is 1.95 bits per heavy atom. The third-order valence-corrected chi connectivity index (χ3v) is 6.31. The van der Waals surface area contributed by atoms with E-state index in [0.29, 0.717) is 23.6 Å². The van der Waals surface area contributed by atoms with Gasteiger partial charge in [-0.25, -0.2) is 13.4 Å². The second-order valence-corrected chi connectivity index (χ2v) is 8.23. The number of aryl methyl sites for hydroxylation is 1. The van der Waals surface area contributed by atoms with Gasteiger partial charge < -0.3 is 0 Å². The zero-order valence-corrected chi connectivity index (χ0v) is 14.6. The Bertz CT molecular complexity index is 758.